The second-order valence-electron chi connectivity index (χ2n) is 5.26. The Morgan fingerprint density at radius 1 is 1.53 bits per heavy atom. The van der Waals surface area contributed by atoms with Gasteiger partial charge >= 0.3 is 0 Å². The van der Waals surface area contributed by atoms with Crippen LogP contribution in [-0.2, 0) is 0 Å². The summed E-state index contributed by atoms with van der Waals surface area (Å²) in [5.41, 5.74) is 1.43. The molecule has 1 saturated heterocycles. The molecule has 2 unspecified atom stereocenters. The van der Waals surface area contributed by atoms with Gasteiger partial charge in [0.05, 0.1) is 6.33 Å². The van der Waals surface area contributed by atoms with Crippen LogP contribution < -0.4 is 5.32 Å². The van der Waals surface area contributed by atoms with Gasteiger partial charge in [0.25, 0.3) is 0 Å². The fraction of sp³-hybridized carbons (Fsp3) is 0.786. The lowest BCUT2D eigenvalue weighted by atomic mass is 10.0. The molecule has 1 aliphatic heterocycles. The van der Waals surface area contributed by atoms with Crippen molar-refractivity contribution >= 4 is 0 Å². The van der Waals surface area contributed by atoms with Crippen LogP contribution in [0.4, 0.5) is 0 Å². The molecule has 3 nitrogen and oxygen atoms in total. The highest BCUT2D eigenvalue weighted by Gasteiger charge is 2.21. The van der Waals surface area contributed by atoms with E-state index in [-0.39, 0.29) is 0 Å². The van der Waals surface area contributed by atoms with Gasteiger partial charge in [0.15, 0.2) is 0 Å². The van der Waals surface area contributed by atoms with Crippen LogP contribution in [0, 0.1) is 0 Å². The van der Waals surface area contributed by atoms with E-state index in [1.807, 2.05) is 6.33 Å². The maximum Gasteiger partial charge on any atom is 0.0950 e. The van der Waals surface area contributed by atoms with Gasteiger partial charge in [-0.2, -0.15) is 0 Å². The van der Waals surface area contributed by atoms with Crippen LogP contribution >= 0.6 is 0 Å². The molecule has 2 rings (SSSR count). The number of unbranched alkanes of at least 4 members (excludes halogenated alkanes) is 2. The first-order chi connectivity index (χ1) is 8.33. The highest BCUT2D eigenvalue weighted by Crippen LogP contribution is 2.26. The standard InChI is InChI=1S/C14H25N3/c1-3-4-5-6-12(2)17-11-16-10-14(17)13-7-8-15-9-13/h10-13,15H,3-9H2,1-2H3. The van der Waals surface area contributed by atoms with Crippen molar-refractivity contribution in [1.29, 1.82) is 0 Å². The van der Waals surface area contributed by atoms with Crippen molar-refractivity contribution < 1.29 is 0 Å². The van der Waals surface area contributed by atoms with Gasteiger partial charge in [-0.3, -0.25) is 0 Å². The molecular formula is C14H25N3. The van der Waals surface area contributed by atoms with Crippen LogP contribution in [0.1, 0.15) is 63.6 Å². The number of hydrogen-bond acceptors (Lipinski definition) is 2. The third-order valence-electron chi connectivity index (χ3n) is 3.87. The van der Waals surface area contributed by atoms with Crippen LogP contribution in [0.25, 0.3) is 0 Å². The normalized spacial score (nSPS) is 21.9. The number of aromatic nitrogens is 2. The summed E-state index contributed by atoms with van der Waals surface area (Å²) in [7, 11) is 0. The summed E-state index contributed by atoms with van der Waals surface area (Å²) in [5.74, 6) is 0.672. The predicted molar refractivity (Wildman–Crippen MR) is 71.3 cm³/mol. The van der Waals surface area contributed by atoms with Gasteiger partial charge in [-0.05, 0) is 26.3 Å². The van der Waals surface area contributed by atoms with Gasteiger partial charge in [-0.1, -0.05) is 26.2 Å². The van der Waals surface area contributed by atoms with Gasteiger partial charge in [0, 0.05) is 30.4 Å². The molecular weight excluding hydrogens is 210 g/mol. The Labute approximate surface area is 105 Å². The Bertz CT molecular complexity index is 326. The lowest BCUT2D eigenvalue weighted by Crippen LogP contribution is -2.14. The zero-order chi connectivity index (χ0) is 12.1. The van der Waals surface area contributed by atoms with Crippen LogP contribution in [-0.4, -0.2) is 22.6 Å². The molecule has 0 radical (unpaired) electrons. The summed E-state index contributed by atoms with van der Waals surface area (Å²) in [4.78, 5) is 4.35. The van der Waals surface area contributed by atoms with Crippen molar-refractivity contribution in [2.24, 2.45) is 0 Å². The van der Waals surface area contributed by atoms with E-state index >= 15 is 0 Å². The minimum Gasteiger partial charge on any atom is -0.332 e. The Hall–Kier alpha value is -0.830. The maximum atomic E-state index is 4.35. The molecule has 2 heterocycles. The molecule has 96 valence electrons. The topological polar surface area (TPSA) is 29.9 Å². The Kier molecular flexibility index (Phi) is 4.60. The largest absolute Gasteiger partial charge is 0.332 e. The minimum absolute atomic E-state index is 0.597. The highest BCUT2D eigenvalue weighted by molar-refractivity contribution is 5.10. The molecule has 0 amide bonds. The molecule has 17 heavy (non-hydrogen) atoms. The van der Waals surface area contributed by atoms with Crippen LogP contribution in [0.15, 0.2) is 12.5 Å². The van der Waals surface area contributed by atoms with E-state index in [0.717, 1.165) is 13.1 Å². The molecule has 0 aliphatic carbocycles. The van der Waals surface area contributed by atoms with Gasteiger partial charge < -0.3 is 9.88 Å². The van der Waals surface area contributed by atoms with Gasteiger partial charge in [0.2, 0.25) is 0 Å². The molecule has 0 saturated carbocycles. The average Bonchev–Trinajstić information content (AvgIpc) is 2.99. The van der Waals surface area contributed by atoms with E-state index in [2.05, 4.69) is 34.9 Å². The van der Waals surface area contributed by atoms with Crippen molar-refractivity contribution in [2.45, 2.75) is 57.9 Å². The predicted octanol–water partition coefficient (Wildman–Crippen LogP) is 3.10. The summed E-state index contributed by atoms with van der Waals surface area (Å²) in [5, 5.41) is 3.44. The maximum absolute atomic E-state index is 4.35. The second kappa shape index (κ2) is 6.20. The quantitative estimate of drug-likeness (QED) is 0.768. The van der Waals surface area contributed by atoms with E-state index in [1.54, 1.807) is 0 Å². The fourth-order valence-electron chi connectivity index (χ4n) is 2.74. The smallest absolute Gasteiger partial charge is 0.0950 e. The molecule has 1 fully saturated rings. The zero-order valence-corrected chi connectivity index (χ0v) is 11.2. The lowest BCUT2D eigenvalue weighted by molar-refractivity contribution is 0.455. The summed E-state index contributed by atoms with van der Waals surface area (Å²) >= 11 is 0. The first-order valence-electron chi connectivity index (χ1n) is 7.05. The van der Waals surface area contributed by atoms with Crippen molar-refractivity contribution in [3.05, 3.63) is 18.2 Å². The third-order valence-corrected chi connectivity index (χ3v) is 3.87. The number of nitrogens with zero attached hydrogens (tertiary/aromatic N) is 2. The van der Waals surface area contributed by atoms with Crippen LogP contribution in [0.2, 0.25) is 0 Å². The third kappa shape index (κ3) is 3.09. The molecule has 1 aromatic rings. The van der Waals surface area contributed by atoms with Crippen molar-refractivity contribution in [3.63, 3.8) is 0 Å². The van der Waals surface area contributed by atoms with Gasteiger partial charge in [0.1, 0.15) is 0 Å². The Balaban J connectivity index is 1.97. The van der Waals surface area contributed by atoms with Gasteiger partial charge in [-0.25, -0.2) is 4.98 Å². The highest BCUT2D eigenvalue weighted by atomic mass is 15.1. The van der Waals surface area contributed by atoms with Crippen molar-refractivity contribution in [2.75, 3.05) is 13.1 Å². The Morgan fingerprint density at radius 3 is 3.12 bits per heavy atom. The lowest BCUT2D eigenvalue weighted by Gasteiger charge is -2.19. The first-order valence-corrected chi connectivity index (χ1v) is 7.05. The average molecular weight is 235 g/mol. The molecule has 0 aromatic carbocycles. The monoisotopic (exact) mass is 235 g/mol. The molecule has 1 N–H and O–H groups in total. The van der Waals surface area contributed by atoms with Crippen molar-refractivity contribution in [3.8, 4) is 0 Å². The Morgan fingerprint density at radius 2 is 2.41 bits per heavy atom. The van der Waals surface area contributed by atoms with E-state index in [0.29, 0.717) is 12.0 Å². The SMILES string of the molecule is CCCCCC(C)n1cncc1C1CCNC1. The first kappa shape index (κ1) is 12.6. The van der Waals surface area contributed by atoms with Gasteiger partial charge in [-0.15, -0.1) is 0 Å². The summed E-state index contributed by atoms with van der Waals surface area (Å²) in [6.07, 6.45) is 10.6. The number of nitrogens with one attached hydrogen (secondary N) is 1. The van der Waals surface area contributed by atoms with Crippen molar-refractivity contribution in [1.82, 2.24) is 14.9 Å². The summed E-state index contributed by atoms with van der Waals surface area (Å²) in [6.45, 7) is 6.86. The summed E-state index contributed by atoms with van der Waals surface area (Å²) in [6, 6.07) is 0.597. The van der Waals surface area contributed by atoms with E-state index in [9.17, 15) is 0 Å². The molecule has 0 spiro atoms. The fourth-order valence-corrected chi connectivity index (χ4v) is 2.74. The molecule has 3 heteroatoms. The number of hydrogen-bond donors (Lipinski definition) is 1. The van der Waals surface area contributed by atoms with E-state index < -0.39 is 0 Å². The van der Waals surface area contributed by atoms with E-state index in [4.69, 9.17) is 0 Å². The number of rotatable bonds is 6. The second-order valence-corrected chi connectivity index (χ2v) is 5.26. The summed E-state index contributed by atoms with van der Waals surface area (Å²) < 4.78 is 2.40. The molecule has 2 atom stereocenters. The number of imidazole rings is 1. The molecule has 0 bridgehead atoms. The molecule has 1 aromatic heterocycles. The van der Waals surface area contributed by atoms with Crippen LogP contribution in [0.3, 0.4) is 0 Å². The van der Waals surface area contributed by atoms with Crippen LogP contribution in [0.5, 0.6) is 0 Å². The van der Waals surface area contributed by atoms with E-state index in [1.165, 1.54) is 37.8 Å². The molecule has 1 aliphatic rings. The minimum atomic E-state index is 0.597. The zero-order valence-electron chi connectivity index (χ0n) is 11.2.